The minimum absolute atomic E-state index is 0.0925. The van der Waals surface area contributed by atoms with Crippen LogP contribution in [0.25, 0.3) is 5.69 Å². The summed E-state index contributed by atoms with van der Waals surface area (Å²) in [5, 5.41) is 23.0. The summed E-state index contributed by atoms with van der Waals surface area (Å²) in [6.07, 6.45) is -5.08. The van der Waals surface area contributed by atoms with Gasteiger partial charge in [0, 0.05) is 24.7 Å². The van der Waals surface area contributed by atoms with Gasteiger partial charge in [0.25, 0.3) is 11.7 Å². The number of carboxylic acids is 1. The predicted molar refractivity (Wildman–Crippen MR) is 95.8 cm³/mol. The van der Waals surface area contributed by atoms with Gasteiger partial charge in [0.15, 0.2) is 0 Å². The normalized spacial score (nSPS) is 16.0. The van der Waals surface area contributed by atoms with Crippen molar-refractivity contribution >= 4 is 23.5 Å². The highest BCUT2D eigenvalue weighted by Crippen LogP contribution is 2.19. The van der Waals surface area contributed by atoms with Gasteiger partial charge >= 0.3 is 12.1 Å². The minimum atomic E-state index is -5.08. The number of halogens is 4. The molecule has 0 saturated carbocycles. The number of hydrogen-bond donors (Lipinski definition) is 2. The van der Waals surface area contributed by atoms with Gasteiger partial charge in [-0.3, -0.25) is 4.79 Å². The number of nitrogens with zero attached hydrogens (tertiary/aromatic N) is 5. The number of carbonyl (C=O) groups is 2. The summed E-state index contributed by atoms with van der Waals surface area (Å²) in [5.41, 5.74) is 0.384. The summed E-state index contributed by atoms with van der Waals surface area (Å²) in [6, 6.07) is 7.07. The SMILES string of the molecule is CC1(C)CNCCN1C(=O)c1nnn(-c2cccc(Cl)c2)n1.O=C(O)C(F)(F)F. The average Bonchev–Trinajstić information content (AvgIpc) is 3.11. The second-order valence-corrected chi connectivity index (χ2v) is 7.07. The highest BCUT2D eigenvalue weighted by atomic mass is 35.5. The van der Waals surface area contributed by atoms with E-state index in [4.69, 9.17) is 21.5 Å². The van der Waals surface area contributed by atoms with Crippen LogP contribution in [0.1, 0.15) is 24.5 Å². The molecular weight excluding hydrogens is 417 g/mol. The Morgan fingerprint density at radius 2 is 1.97 bits per heavy atom. The molecule has 0 bridgehead atoms. The fourth-order valence-corrected chi connectivity index (χ4v) is 2.67. The van der Waals surface area contributed by atoms with Crippen molar-refractivity contribution in [2.45, 2.75) is 25.6 Å². The molecule has 3 rings (SSSR count). The molecule has 0 unspecified atom stereocenters. The summed E-state index contributed by atoms with van der Waals surface area (Å²) in [4.78, 5) is 24.6. The van der Waals surface area contributed by atoms with Gasteiger partial charge in [-0.05, 0) is 37.3 Å². The second-order valence-electron chi connectivity index (χ2n) is 6.63. The van der Waals surface area contributed by atoms with Crippen molar-refractivity contribution in [3.63, 3.8) is 0 Å². The number of amides is 1. The van der Waals surface area contributed by atoms with Crippen molar-refractivity contribution in [1.82, 2.24) is 30.4 Å². The maximum Gasteiger partial charge on any atom is 0.490 e. The van der Waals surface area contributed by atoms with Gasteiger partial charge in [0.05, 0.1) is 11.2 Å². The standard InChI is InChI=1S/C14H17ClN6O.C2HF3O2/c1-14(2)9-16-6-7-20(14)13(22)12-17-19-21(18-12)11-5-3-4-10(15)8-11;3-2(4,5)1(6)7/h3-5,8,16H,6-7,9H2,1-2H3;(H,6,7). The third-order valence-electron chi connectivity index (χ3n) is 3.93. The fourth-order valence-electron chi connectivity index (χ4n) is 2.49. The highest BCUT2D eigenvalue weighted by molar-refractivity contribution is 6.30. The number of carboxylic acid groups (broad SMARTS) is 1. The zero-order valence-corrected chi connectivity index (χ0v) is 16.2. The second kappa shape index (κ2) is 8.74. The molecule has 0 aliphatic carbocycles. The van der Waals surface area contributed by atoms with E-state index in [9.17, 15) is 18.0 Å². The van der Waals surface area contributed by atoms with Crippen molar-refractivity contribution in [3.8, 4) is 5.69 Å². The molecule has 1 fully saturated rings. The molecule has 2 heterocycles. The number of aliphatic carboxylic acids is 1. The van der Waals surface area contributed by atoms with Gasteiger partial charge in [0.2, 0.25) is 0 Å². The number of alkyl halides is 3. The summed E-state index contributed by atoms with van der Waals surface area (Å²) in [7, 11) is 0. The Balaban J connectivity index is 0.000000370. The molecule has 1 aliphatic rings. The van der Waals surface area contributed by atoms with Crippen LogP contribution in [0.4, 0.5) is 13.2 Å². The number of rotatable bonds is 2. The van der Waals surface area contributed by atoms with Crippen LogP contribution in [0, 0.1) is 0 Å². The predicted octanol–water partition coefficient (Wildman–Crippen LogP) is 1.77. The lowest BCUT2D eigenvalue weighted by Crippen LogP contribution is -2.60. The molecule has 29 heavy (non-hydrogen) atoms. The van der Waals surface area contributed by atoms with Crippen molar-refractivity contribution in [3.05, 3.63) is 35.1 Å². The third kappa shape index (κ3) is 5.87. The van der Waals surface area contributed by atoms with Gasteiger partial charge in [-0.2, -0.15) is 13.2 Å². The monoisotopic (exact) mass is 434 g/mol. The Labute approximate surface area is 168 Å². The maximum absolute atomic E-state index is 12.6. The number of aromatic nitrogens is 4. The molecule has 0 atom stereocenters. The van der Waals surface area contributed by atoms with Crippen molar-refractivity contribution in [2.75, 3.05) is 19.6 Å². The van der Waals surface area contributed by atoms with E-state index < -0.39 is 12.1 Å². The number of benzene rings is 1. The van der Waals surface area contributed by atoms with Crippen LogP contribution < -0.4 is 5.32 Å². The molecule has 2 N–H and O–H groups in total. The molecule has 1 saturated heterocycles. The lowest BCUT2D eigenvalue weighted by atomic mass is 10.00. The lowest BCUT2D eigenvalue weighted by molar-refractivity contribution is -0.192. The van der Waals surface area contributed by atoms with Crippen LogP contribution in [-0.4, -0.2) is 73.4 Å². The topological polar surface area (TPSA) is 113 Å². The molecule has 9 nitrogen and oxygen atoms in total. The molecule has 1 aliphatic heterocycles. The van der Waals surface area contributed by atoms with E-state index in [1.807, 2.05) is 13.8 Å². The summed E-state index contributed by atoms with van der Waals surface area (Å²) >= 11 is 5.95. The first kappa shape index (κ1) is 22.6. The first-order chi connectivity index (χ1) is 13.4. The first-order valence-electron chi connectivity index (χ1n) is 8.30. The minimum Gasteiger partial charge on any atom is -0.475 e. The number of piperazine rings is 1. The zero-order chi connectivity index (χ0) is 21.8. The van der Waals surface area contributed by atoms with E-state index in [0.29, 0.717) is 17.3 Å². The van der Waals surface area contributed by atoms with Gasteiger partial charge in [-0.15, -0.1) is 15.0 Å². The van der Waals surface area contributed by atoms with Crippen LogP contribution in [0.2, 0.25) is 5.02 Å². The Morgan fingerprint density at radius 1 is 1.31 bits per heavy atom. The number of tetrazole rings is 1. The van der Waals surface area contributed by atoms with Gasteiger partial charge in [-0.25, -0.2) is 4.79 Å². The van der Waals surface area contributed by atoms with Gasteiger partial charge in [0.1, 0.15) is 0 Å². The van der Waals surface area contributed by atoms with E-state index in [0.717, 1.165) is 13.1 Å². The van der Waals surface area contributed by atoms with Crippen LogP contribution in [0.3, 0.4) is 0 Å². The average molecular weight is 435 g/mol. The van der Waals surface area contributed by atoms with E-state index in [1.165, 1.54) is 4.80 Å². The van der Waals surface area contributed by atoms with Crippen LogP contribution in [0.5, 0.6) is 0 Å². The smallest absolute Gasteiger partial charge is 0.475 e. The first-order valence-corrected chi connectivity index (χ1v) is 8.68. The molecule has 1 aromatic carbocycles. The Bertz CT molecular complexity index is 887. The third-order valence-corrected chi connectivity index (χ3v) is 4.17. The number of hydrogen-bond acceptors (Lipinski definition) is 6. The highest BCUT2D eigenvalue weighted by Gasteiger charge is 2.38. The molecule has 2 aromatic rings. The number of carbonyl (C=O) groups excluding carboxylic acids is 1. The van der Waals surface area contributed by atoms with Gasteiger partial charge < -0.3 is 15.3 Å². The van der Waals surface area contributed by atoms with Crippen molar-refractivity contribution in [2.24, 2.45) is 0 Å². The quantitative estimate of drug-likeness (QED) is 0.740. The summed E-state index contributed by atoms with van der Waals surface area (Å²) < 4.78 is 31.7. The van der Waals surface area contributed by atoms with Crippen molar-refractivity contribution in [1.29, 1.82) is 0 Å². The Hall–Kier alpha value is -2.73. The molecule has 1 aromatic heterocycles. The van der Waals surface area contributed by atoms with Crippen molar-refractivity contribution < 1.29 is 27.9 Å². The maximum atomic E-state index is 12.6. The molecule has 0 radical (unpaired) electrons. The van der Waals surface area contributed by atoms with E-state index in [-0.39, 0.29) is 17.3 Å². The molecule has 0 spiro atoms. The van der Waals surface area contributed by atoms with E-state index in [1.54, 1.807) is 29.2 Å². The Morgan fingerprint density at radius 3 is 2.52 bits per heavy atom. The van der Waals surface area contributed by atoms with E-state index >= 15 is 0 Å². The number of nitrogens with one attached hydrogen (secondary N) is 1. The molecule has 1 amide bonds. The van der Waals surface area contributed by atoms with Crippen LogP contribution in [0.15, 0.2) is 24.3 Å². The summed E-state index contributed by atoms with van der Waals surface area (Å²) in [5.74, 6) is -2.87. The lowest BCUT2D eigenvalue weighted by Gasteiger charge is -2.42. The molecular formula is C16H18ClF3N6O3. The fraction of sp³-hybridized carbons (Fsp3) is 0.438. The summed E-state index contributed by atoms with van der Waals surface area (Å²) in [6.45, 7) is 6.15. The molecule has 158 valence electrons. The molecule has 13 heteroatoms. The zero-order valence-electron chi connectivity index (χ0n) is 15.4. The largest absolute Gasteiger partial charge is 0.490 e. The Kier molecular flexibility index (Phi) is 6.80. The van der Waals surface area contributed by atoms with Crippen LogP contribution >= 0.6 is 11.6 Å². The van der Waals surface area contributed by atoms with Crippen LogP contribution in [-0.2, 0) is 4.79 Å². The van der Waals surface area contributed by atoms with Gasteiger partial charge in [-0.1, -0.05) is 17.7 Å². The van der Waals surface area contributed by atoms with E-state index in [2.05, 4.69) is 20.7 Å².